The molecule has 0 aliphatic carbocycles. The predicted molar refractivity (Wildman–Crippen MR) is 63.9 cm³/mol. The van der Waals surface area contributed by atoms with Crippen LogP contribution in [-0.4, -0.2) is 35.9 Å². The molecule has 0 saturated carbocycles. The van der Waals surface area contributed by atoms with Crippen LogP contribution in [0.4, 0.5) is 0 Å². The number of nitrogens with zero attached hydrogens (tertiary/aromatic N) is 2. The summed E-state index contributed by atoms with van der Waals surface area (Å²) >= 11 is 0. The van der Waals surface area contributed by atoms with Crippen LogP contribution in [0.15, 0.2) is 24.5 Å². The zero-order chi connectivity index (χ0) is 11.8. The first kappa shape index (κ1) is 12.6. The van der Waals surface area contributed by atoms with Gasteiger partial charge in [-0.15, -0.1) is 0 Å². The lowest BCUT2D eigenvalue weighted by Crippen LogP contribution is -2.35. The number of nitrogens with one attached hydrogen (secondary N) is 1. The summed E-state index contributed by atoms with van der Waals surface area (Å²) in [4.78, 5) is 17.4. The molecule has 0 bridgehead atoms. The van der Waals surface area contributed by atoms with Gasteiger partial charge in [0.1, 0.15) is 0 Å². The Morgan fingerprint density at radius 3 is 3.00 bits per heavy atom. The minimum atomic E-state index is 0.109. The first-order valence-corrected chi connectivity index (χ1v) is 5.57. The number of amides is 1. The van der Waals surface area contributed by atoms with Crippen LogP contribution in [0.2, 0.25) is 0 Å². The SMILES string of the molecule is CCCNCC(=O)N(C)Cc1cccnc1. The van der Waals surface area contributed by atoms with Crippen molar-refractivity contribution in [3.63, 3.8) is 0 Å². The molecule has 1 heterocycles. The Kier molecular flexibility index (Phi) is 5.50. The summed E-state index contributed by atoms with van der Waals surface area (Å²) in [5.41, 5.74) is 1.05. The second-order valence-electron chi connectivity index (χ2n) is 3.79. The lowest BCUT2D eigenvalue weighted by molar-refractivity contribution is -0.129. The van der Waals surface area contributed by atoms with Crippen LogP contribution in [0, 0.1) is 0 Å². The van der Waals surface area contributed by atoms with Gasteiger partial charge in [-0.2, -0.15) is 0 Å². The highest BCUT2D eigenvalue weighted by Crippen LogP contribution is 2.00. The first-order valence-electron chi connectivity index (χ1n) is 5.57. The molecule has 88 valence electrons. The van der Waals surface area contributed by atoms with Gasteiger partial charge < -0.3 is 10.2 Å². The highest BCUT2D eigenvalue weighted by Gasteiger charge is 2.07. The highest BCUT2D eigenvalue weighted by atomic mass is 16.2. The second kappa shape index (κ2) is 6.95. The smallest absolute Gasteiger partial charge is 0.236 e. The molecule has 0 aromatic carbocycles. The number of hydrogen-bond acceptors (Lipinski definition) is 3. The molecule has 1 amide bonds. The molecular formula is C12H19N3O. The Morgan fingerprint density at radius 1 is 1.56 bits per heavy atom. The third-order valence-corrected chi connectivity index (χ3v) is 2.27. The zero-order valence-corrected chi connectivity index (χ0v) is 9.94. The summed E-state index contributed by atoms with van der Waals surface area (Å²) in [6.45, 7) is 3.98. The maximum Gasteiger partial charge on any atom is 0.236 e. The zero-order valence-electron chi connectivity index (χ0n) is 9.94. The van der Waals surface area contributed by atoms with Crippen molar-refractivity contribution in [1.82, 2.24) is 15.2 Å². The molecule has 1 N–H and O–H groups in total. The van der Waals surface area contributed by atoms with Crippen LogP contribution >= 0.6 is 0 Å². The Labute approximate surface area is 96.7 Å². The molecule has 0 fully saturated rings. The van der Waals surface area contributed by atoms with Gasteiger partial charge in [0.15, 0.2) is 0 Å². The summed E-state index contributed by atoms with van der Waals surface area (Å²) in [7, 11) is 1.81. The van der Waals surface area contributed by atoms with Crippen molar-refractivity contribution in [2.24, 2.45) is 0 Å². The van der Waals surface area contributed by atoms with E-state index in [4.69, 9.17) is 0 Å². The quantitative estimate of drug-likeness (QED) is 0.730. The molecule has 0 spiro atoms. The third-order valence-electron chi connectivity index (χ3n) is 2.27. The van der Waals surface area contributed by atoms with E-state index in [1.807, 2.05) is 19.2 Å². The van der Waals surface area contributed by atoms with E-state index in [0.717, 1.165) is 18.5 Å². The second-order valence-corrected chi connectivity index (χ2v) is 3.79. The molecule has 0 saturated heterocycles. The molecule has 1 aromatic rings. The highest BCUT2D eigenvalue weighted by molar-refractivity contribution is 5.77. The van der Waals surface area contributed by atoms with Crippen LogP contribution < -0.4 is 5.32 Å². The topological polar surface area (TPSA) is 45.2 Å². The number of aromatic nitrogens is 1. The summed E-state index contributed by atoms with van der Waals surface area (Å²) in [5.74, 6) is 0.109. The van der Waals surface area contributed by atoms with Gasteiger partial charge in [-0.25, -0.2) is 0 Å². The Morgan fingerprint density at radius 2 is 2.38 bits per heavy atom. The van der Waals surface area contributed by atoms with Crippen LogP contribution in [0.25, 0.3) is 0 Å². The van der Waals surface area contributed by atoms with E-state index in [-0.39, 0.29) is 5.91 Å². The average Bonchev–Trinajstić information content (AvgIpc) is 2.30. The standard InChI is InChI=1S/C12H19N3O/c1-3-6-13-9-12(16)15(2)10-11-5-4-7-14-8-11/h4-5,7-8,13H,3,6,9-10H2,1-2H3. The van der Waals surface area contributed by atoms with Crippen molar-refractivity contribution in [3.05, 3.63) is 30.1 Å². The molecule has 1 aromatic heterocycles. The van der Waals surface area contributed by atoms with E-state index >= 15 is 0 Å². The summed E-state index contributed by atoms with van der Waals surface area (Å²) < 4.78 is 0. The molecule has 1 rings (SSSR count). The molecule has 16 heavy (non-hydrogen) atoms. The molecule has 4 heteroatoms. The van der Waals surface area contributed by atoms with Gasteiger partial charge in [0.05, 0.1) is 6.54 Å². The van der Waals surface area contributed by atoms with Crippen LogP contribution in [-0.2, 0) is 11.3 Å². The van der Waals surface area contributed by atoms with Gasteiger partial charge in [0.25, 0.3) is 0 Å². The maximum atomic E-state index is 11.7. The van der Waals surface area contributed by atoms with Crippen molar-refractivity contribution >= 4 is 5.91 Å². The van der Waals surface area contributed by atoms with Crippen molar-refractivity contribution < 1.29 is 4.79 Å². The fraction of sp³-hybridized carbons (Fsp3) is 0.500. The molecule has 0 aliphatic rings. The largest absolute Gasteiger partial charge is 0.340 e. The van der Waals surface area contributed by atoms with Gasteiger partial charge in [-0.1, -0.05) is 13.0 Å². The van der Waals surface area contributed by atoms with E-state index in [9.17, 15) is 4.79 Å². The lowest BCUT2D eigenvalue weighted by atomic mass is 10.2. The molecule has 0 radical (unpaired) electrons. The number of carbonyl (C=O) groups is 1. The van der Waals surface area contributed by atoms with Crippen LogP contribution in [0.5, 0.6) is 0 Å². The molecule has 0 aliphatic heterocycles. The summed E-state index contributed by atoms with van der Waals surface area (Å²) in [5, 5.41) is 3.09. The van der Waals surface area contributed by atoms with Crippen molar-refractivity contribution in [2.45, 2.75) is 19.9 Å². The van der Waals surface area contributed by atoms with Crippen molar-refractivity contribution in [2.75, 3.05) is 20.1 Å². The Balaban J connectivity index is 2.34. The van der Waals surface area contributed by atoms with E-state index in [1.165, 1.54) is 0 Å². The number of rotatable bonds is 6. The maximum absolute atomic E-state index is 11.7. The number of carbonyl (C=O) groups excluding carboxylic acids is 1. The summed E-state index contributed by atoms with van der Waals surface area (Å²) in [6.07, 6.45) is 4.55. The minimum Gasteiger partial charge on any atom is -0.340 e. The van der Waals surface area contributed by atoms with Gasteiger partial charge in [-0.05, 0) is 24.6 Å². The number of hydrogen-bond donors (Lipinski definition) is 1. The molecular weight excluding hydrogens is 202 g/mol. The van der Waals surface area contributed by atoms with Crippen LogP contribution in [0.3, 0.4) is 0 Å². The molecule has 0 unspecified atom stereocenters. The van der Waals surface area contributed by atoms with Gasteiger partial charge in [-0.3, -0.25) is 9.78 Å². The number of pyridine rings is 1. The monoisotopic (exact) mass is 221 g/mol. The van der Waals surface area contributed by atoms with E-state index in [1.54, 1.807) is 17.3 Å². The molecule has 4 nitrogen and oxygen atoms in total. The first-order chi connectivity index (χ1) is 7.74. The minimum absolute atomic E-state index is 0.109. The fourth-order valence-corrected chi connectivity index (χ4v) is 1.36. The van der Waals surface area contributed by atoms with Crippen molar-refractivity contribution in [1.29, 1.82) is 0 Å². The normalized spacial score (nSPS) is 10.1. The fourth-order valence-electron chi connectivity index (χ4n) is 1.36. The van der Waals surface area contributed by atoms with Crippen LogP contribution in [0.1, 0.15) is 18.9 Å². The van der Waals surface area contributed by atoms with E-state index in [2.05, 4.69) is 17.2 Å². The molecule has 0 atom stereocenters. The Hall–Kier alpha value is -1.42. The van der Waals surface area contributed by atoms with Gasteiger partial charge >= 0.3 is 0 Å². The van der Waals surface area contributed by atoms with Crippen molar-refractivity contribution in [3.8, 4) is 0 Å². The van der Waals surface area contributed by atoms with Gasteiger partial charge in [0, 0.05) is 26.0 Å². The predicted octanol–water partition coefficient (Wildman–Crippen LogP) is 1.04. The Bertz CT molecular complexity index is 313. The third kappa shape index (κ3) is 4.40. The van der Waals surface area contributed by atoms with E-state index < -0.39 is 0 Å². The summed E-state index contributed by atoms with van der Waals surface area (Å²) in [6, 6.07) is 3.85. The van der Waals surface area contributed by atoms with Gasteiger partial charge in [0.2, 0.25) is 5.91 Å². The average molecular weight is 221 g/mol. The lowest BCUT2D eigenvalue weighted by Gasteiger charge is -2.17. The number of likely N-dealkylation sites (N-methyl/N-ethyl adjacent to an activating group) is 1. The van der Waals surface area contributed by atoms with E-state index in [0.29, 0.717) is 13.1 Å².